The van der Waals surface area contributed by atoms with E-state index in [1.54, 1.807) is 24.3 Å². The SMILES string of the molecule is CC(=O)c1ccc(-c2ccc(C(=O)O)cc2)nc1NC(C)C. The highest BCUT2D eigenvalue weighted by Gasteiger charge is 2.12. The molecule has 2 N–H and O–H groups in total. The first-order chi connectivity index (χ1) is 10.4. The van der Waals surface area contributed by atoms with Gasteiger partial charge in [0.15, 0.2) is 5.78 Å². The fraction of sp³-hybridized carbons (Fsp3) is 0.235. The molecule has 0 aliphatic rings. The molecule has 114 valence electrons. The number of anilines is 1. The Morgan fingerprint density at radius 2 is 1.73 bits per heavy atom. The van der Waals surface area contributed by atoms with Crippen LogP contribution in [-0.2, 0) is 0 Å². The minimum Gasteiger partial charge on any atom is -0.478 e. The first-order valence-corrected chi connectivity index (χ1v) is 7.00. The highest BCUT2D eigenvalue weighted by molar-refractivity contribution is 5.99. The van der Waals surface area contributed by atoms with Gasteiger partial charge in [0.2, 0.25) is 0 Å². The molecule has 2 aromatic rings. The van der Waals surface area contributed by atoms with Crippen molar-refractivity contribution in [3.63, 3.8) is 0 Å². The maximum absolute atomic E-state index is 11.7. The number of Topliss-reactive ketones (excluding diaryl/α,β-unsaturated/α-hetero) is 1. The molecule has 0 aliphatic heterocycles. The van der Waals surface area contributed by atoms with Crippen LogP contribution in [0.15, 0.2) is 36.4 Å². The summed E-state index contributed by atoms with van der Waals surface area (Å²) in [4.78, 5) is 27.0. The first kappa shape index (κ1) is 15.7. The number of rotatable bonds is 5. The number of carbonyl (C=O) groups is 2. The monoisotopic (exact) mass is 298 g/mol. The van der Waals surface area contributed by atoms with Crippen LogP contribution >= 0.6 is 0 Å². The van der Waals surface area contributed by atoms with E-state index in [4.69, 9.17) is 5.11 Å². The molecule has 0 spiro atoms. The van der Waals surface area contributed by atoms with E-state index in [9.17, 15) is 9.59 Å². The van der Waals surface area contributed by atoms with Gasteiger partial charge < -0.3 is 10.4 Å². The molecule has 0 amide bonds. The van der Waals surface area contributed by atoms with E-state index in [2.05, 4.69) is 10.3 Å². The summed E-state index contributed by atoms with van der Waals surface area (Å²) in [6.07, 6.45) is 0. The zero-order valence-electron chi connectivity index (χ0n) is 12.8. The van der Waals surface area contributed by atoms with Gasteiger partial charge in [0.05, 0.1) is 16.8 Å². The van der Waals surface area contributed by atoms with Gasteiger partial charge in [0, 0.05) is 11.6 Å². The summed E-state index contributed by atoms with van der Waals surface area (Å²) in [6, 6.07) is 10.1. The zero-order valence-corrected chi connectivity index (χ0v) is 12.8. The third kappa shape index (κ3) is 3.49. The fourth-order valence-electron chi connectivity index (χ4n) is 2.07. The lowest BCUT2D eigenvalue weighted by molar-refractivity contribution is 0.0696. The van der Waals surface area contributed by atoms with Gasteiger partial charge in [-0.15, -0.1) is 0 Å². The van der Waals surface area contributed by atoms with Crippen LogP contribution in [0.3, 0.4) is 0 Å². The molecule has 1 heterocycles. The lowest BCUT2D eigenvalue weighted by Gasteiger charge is -2.14. The van der Waals surface area contributed by atoms with Gasteiger partial charge >= 0.3 is 5.97 Å². The Morgan fingerprint density at radius 1 is 1.09 bits per heavy atom. The summed E-state index contributed by atoms with van der Waals surface area (Å²) in [7, 11) is 0. The van der Waals surface area contributed by atoms with E-state index in [1.165, 1.54) is 19.1 Å². The maximum atomic E-state index is 11.7. The zero-order chi connectivity index (χ0) is 16.3. The van der Waals surface area contributed by atoms with Crippen molar-refractivity contribution in [1.29, 1.82) is 0 Å². The summed E-state index contributed by atoms with van der Waals surface area (Å²) in [5.74, 6) is -0.473. The number of aromatic nitrogens is 1. The fourth-order valence-corrected chi connectivity index (χ4v) is 2.07. The Labute approximate surface area is 129 Å². The predicted molar refractivity (Wildman–Crippen MR) is 85.4 cm³/mol. The van der Waals surface area contributed by atoms with Gasteiger partial charge in [-0.3, -0.25) is 4.79 Å². The normalized spacial score (nSPS) is 10.5. The van der Waals surface area contributed by atoms with Crippen LogP contribution in [0.2, 0.25) is 0 Å². The van der Waals surface area contributed by atoms with E-state index in [1.807, 2.05) is 13.8 Å². The van der Waals surface area contributed by atoms with Crippen molar-refractivity contribution in [3.05, 3.63) is 47.5 Å². The number of benzene rings is 1. The summed E-state index contributed by atoms with van der Waals surface area (Å²) in [5.41, 5.74) is 2.25. The maximum Gasteiger partial charge on any atom is 0.335 e. The Hall–Kier alpha value is -2.69. The molecular weight excluding hydrogens is 280 g/mol. The van der Waals surface area contributed by atoms with E-state index in [0.29, 0.717) is 17.1 Å². The van der Waals surface area contributed by atoms with Crippen LogP contribution in [0.5, 0.6) is 0 Å². The molecule has 5 heteroatoms. The number of hydrogen-bond donors (Lipinski definition) is 2. The van der Waals surface area contributed by atoms with E-state index < -0.39 is 5.97 Å². The molecule has 0 fully saturated rings. The van der Waals surface area contributed by atoms with Crippen molar-refractivity contribution < 1.29 is 14.7 Å². The number of pyridine rings is 1. The number of carboxylic acids is 1. The van der Waals surface area contributed by atoms with E-state index >= 15 is 0 Å². The lowest BCUT2D eigenvalue weighted by Crippen LogP contribution is -2.14. The molecule has 1 aromatic carbocycles. The second-order valence-corrected chi connectivity index (χ2v) is 5.33. The molecule has 1 aromatic heterocycles. The third-order valence-corrected chi connectivity index (χ3v) is 3.13. The Balaban J connectivity index is 2.43. The van der Waals surface area contributed by atoms with Crippen molar-refractivity contribution in [1.82, 2.24) is 4.98 Å². The Kier molecular flexibility index (Phi) is 4.56. The average molecular weight is 298 g/mol. The predicted octanol–water partition coefficient (Wildman–Crippen LogP) is 3.47. The number of hydrogen-bond acceptors (Lipinski definition) is 4. The minimum absolute atomic E-state index is 0.0524. The minimum atomic E-state index is -0.964. The van der Waals surface area contributed by atoms with E-state index in [0.717, 1.165) is 5.56 Å². The van der Waals surface area contributed by atoms with Crippen LogP contribution in [0.4, 0.5) is 5.82 Å². The van der Waals surface area contributed by atoms with Gasteiger partial charge in [-0.1, -0.05) is 12.1 Å². The molecule has 0 radical (unpaired) electrons. The smallest absolute Gasteiger partial charge is 0.335 e. The number of ketones is 1. The standard InChI is InChI=1S/C17H18N2O3/c1-10(2)18-16-14(11(3)20)8-9-15(19-16)12-4-6-13(7-5-12)17(21)22/h4-10H,1-3H3,(H,18,19)(H,21,22). The van der Waals surface area contributed by atoms with Crippen LogP contribution < -0.4 is 5.32 Å². The summed E-state index contributed by atoms with van der Waals surface area (Å²) in [5, 5.41) is 12.1. The van der Waals surface area contributed by atoms with Crippen LogP contribution in [0.1, 0.15) is 41.5 Å². The van der Waals surface area contributed by atoms with Crippen molar-refractivity contribution in [3.8, 4) is 11.3 Å². The molecule has 0 bridgehead atoms. The molecule has 22 heavy (non-hydrogen) atoms. The number of nitrogens with one attached hydrogen (secondary N) is 1. The van der Waals surface area contributed by atoms with Gasteiger partial charge in [-0.2, -0.15) is 0 Å². The molecule has 2 rings (SSSR count). The van der Waals surface area contributed by atoms with Gasteiger partial charge in [0.25, 0.3) is 0 Å². The lowest BCUT2D eigenvalue weighted by atomic mass is 10.1. The first-order valence-electron chi connectivity index (χ1n) is 7.00. The van der Waals surface area contributed by atoms with Gasteiger partial charge in [-0.05, 0) is 45.0 Å². The summed E-state index contributed by atoms with van der Waals surface area (Å²) in [6.45, 7) is 5.45. The highest BCUT2D eigenvalue weighted by atomic mass is 16.4. The number of carbonyl (C=O) groups excluding carboxylic acids is 1. The highest BCUT2D eigenvalue weighted by Crippen LogP contribution is 2.23. The molecule has 0 aliphatic carbocycles. The molecule has 0 saturated heterocycles. The number of nitrogens with zero attached hydrogens (tertiary/aromatic N) is 1. The molecule has 0 saturated carbocycles. The molecule has 0 unspecified atom stereocenters. The third-order valence-electron chi connectivity index (χ3n) is 3.13. The Bertz CT molecular complexity index is 706. The summed E-state index contributed by atoms with van der Waals surface area (Å²) < 4.78 is 0. The second-order valence-electron chi connectivity index (χ2n) is 5.33. The van der Waals surface area contributed by atoms with Crippen LogP contribution in [-0.4, -0.2) is 27.9 Å². The quantitative estimate of drug-likeness (QED) is 0.826. The van der Waals surface area contributed by atoms with Crippen molar-refractivity contribution in [2.24, 2.45) is 0 Å². The van der Waals surface area contributed by atoms with Crippen molar-refractivity contribution in [2.75, 3.05) is 5.32 Å². The average Bonchev–Trinajstić information content (AvgIpc) is 2.46. The van der Waals surface area contributed by atoms with E-state index in [-0.39, 0.29) is 17.4 Å². The molecule has 0 atom stereocenters. The van der Waals surface area contributed by atoms with Gasteiger partial charge in [0.1, 0.15) is 5.82 Å². The largest absolute Gasteiger partial charge is 0.478 e. The topological polar surface area (TPSA) is 79.3 Å². The van der Waals surface area contributed by atoms with Crippen molar-refractivity contribution in [2.45, 2.75) is 26.8 Å². The number of aromatic carboxylic acids is 1. The van der Waals surface area contributed by atoms with Crippen LogP contribution in [0, 0.1) is 0 Å². The Morgan fingerprint density at radius 3 is 2.23 bits per heavy atom. The second kappa shape index (κ2) is 6.39. The molecular formula is C17H18N2O3. The number of carboxylic acid groups (broad SMARTS) is 1. The summed E-state index contributed by atoms with van der Waals surface area (Å²) >= 11 is 0. The van der Waals surface area contributed by atoms with Gasteiger partial charge in [-0.25, -0.2) is 9.78 Å². The molecule has 5 nitrogen and oxygen atoms in total. The van der Waals surface area contributed by atoms with Crippen molar-refractivity contribution >= 4 is 17.6 Å². The van der Waals surface area contributed by atoms with Crippen LogP contribution in [0.25, 0.3) is 11.3 Å².